The van der Waals surface area contributed by atoms with Crippen molar-refractivity contribution in [2.24, 2.45) is 5.92 Å². The molecule has 4 rings (SSSR count). The molecule has 2 aliphatic heterocycles. The van der Waals surface area contributed by atoms with Crippen molar-refractivity contribution in [1.29, 1.82) is 0 Å². The topological polar surface area (TPSA) is 57.7 Å². The van der Waals surface area contributed by atoms with Crippen LogP contribution >= 0.6 is 0 Å². The summed E-state index contributed by atoms with van der Waals surface area (Å²) in [6, 6.07) is 14.7. The Morgan fingerprint density at radius 3 is 2.32 bits per heavy atom. The summed E-state index contributed by atoms with van der Waals surface area (Å²) in [6.07, 6.45) is 2.13. The first-order chi connectivity index (χ1) is 13.4. The van der Waals surface area contributed by atoms with Gasteiger partial charge in [0.15, 0.2) is 0 Å². The third-order valence-corrected chi connectivity index (χ3v) is 7.64. The molecule has 1 unspecified atom stereocenters. The molecule has 0 saturated carbocycles. The van der Waals surface area contributed by atoms with Gasteiger partial charge in [0.2, 0.25) is 15.9 Å². The van der Waals surface area contributed by atoms with Crippen LogP contribution in [0.4, 0.5) is 5.69 Å². The van der Waals surface area contributed by atoms with Crippen molar-refractivity contribution in [3.05, 3.63) is 59.7 Å². The van der Waals surface area contributed by atoms with E-state index in [-0.39, 0.29) is 22.8 Å². The Labute approximate surface area is 167 Å². The molecular weight excluding hydrogens is 372 g/mol. The zero-order chi connectivity index (χ0) is 19.9. The molecule has 5 nitrogen and oxygen atoms in total. The number of nitrogens with zero attached hydrogens (tertiary/aromatic N) is 2. The van der Waals surface area contributed by atoms with Crippen molar-refractivity contribution in [3.63, 3.8) is 0 Å². The molecule has 28 heavy (non-hydrogen) atoms. The van der Waals surface area contributed by atoms with Crippen molar-refractivity contribution in [3.8, 4) is 0 Å². The number of hydrogen-bond acceptors (Lipinski definition) is 3. The minimum absolute atomic E-state index is 0.100. The van der Waals surface area contributed by atoms with Crippen LogP contribution in [0.2, 0.25) is 0 Å². The second-order valence-corrected chi connectivity index (χ2v) is 9.79. The molecule has 1 fully saturated rings. The van der Waals surface area contributed by atoms with Gasteiger partial charge in [-0.3, -0.25) is 4.79 Å². The van der Waals surface area contributed by atoms with E-state index in [0.717, 1.165) is 24.1 Å². The predicted molar refractivity (Wildman–Crippen MR) is 110 cm³/mol. The van der Waals surface area contributed by atoms with Gasteiger partial charge in [0.1, 0.15) is 0 Å². The fraction of sp³-hybridized carbons (Fsp3) is 0.409. The number of hydrogen-bond donors (Lipinski definition) is 0. The second-order valence-electron chi connectivity index (χ2n) is 7.90. The van der Waals surface area contributed by atoms with Crippen molar-refractivity contribution in [2.75, 3.05) is 18.0 Å². The van der Waals surface area contributed by atoms with Crippen LogP contribution in [0.5, 0.6) is 0 Å². The molecule has 2 aromatic rings. The zero-order valence-electron chi connectivity index (χ0n) is 16.3. The number of benzene rings is 2. The van der Waals surface area contributed by atoms with Crippen LogP contribution in [0.15, 0.2) is 53.4 Å². The van der Waals surface area contributed by atoms with Gasteiger partial charge in [-0.1, -0.05) is 38.1 Å². The number of carbonyl (C=O) groups is 1. The maximum atomic E-state index is 13.5. The SMILES string of the molecule is CC(C)C1c2ccccc2CCN1S(=O)(=O)c1ccc(N2CCCC2=O)cc1. The number of carbonyl (C=O) groups excluding carboxylic acids is 1. The van der Waals surface area contributed by atoms with E-state index in [0.29, 0.717) is 19.5 Å². The van der Waals surface area contributed by atoms with Gasteiger partial charge in [0.05, 0.1) is 10.9 Å². The summed E-state index contributed by atoms with van der Waals surface area (Å²) in [7, 11) is -3.62. The Morgan fingerprint density at radius 1 is 0.964 bits per heavy atom. The van der Waals surface area contributed by atoms with Crippen LogP contribution in [0.3, 0.4) is 0 Å². The summed E-state index contributed by atoms with van der Waals surface area (Å²) in [5.74, 6) is 0.265. The standard InChI is InChI=1S/C22H26N2O3S/c1-16(2)22-20-7-4-3-6-17(20)13-15-24(22)28(26,27)19-11-9-18(10-12-19)23-14-5-8-21(23)25/h3-4,6-7,9-12,16,22H,5,8,13-15H2,1-2H3. The number of fused-ring (bicyclic) bond motifs is 1. The first kappa shape index (κ1) is 19.2. The van der Waals surface area contributed by atoms with Crippen molar-refractivity contribution in [1.82, 2.24) is 4.31 Å². The van der Waals surface area contributed by atoms with Crippen molar-refractivity contribution < 1.29 is 13.2 Å². The van der Waals surface area contributed by atoms with Gasteiger partial charge in [0.25, 0.3) is 0 Å². The average Bonchev–Trinajstić information content (AvgIpc) is 3.12. The third kappa shape index (κ3) is 3.25. The molecule has 0 bridgehead atoms. The fourth-order valence-corrected chi connectivity index (χ4v) is 6.13. The van der Waals surface area contributed by atoms with E-state index < -0.39 is 10.0 Å². The molecule has 1 atom stereocenters. The highest BCUT2D eigenvalue weighted by Gasteiger charge is 2.37. The van der Waals surface area contributed by atoms with Crippen molar-refractivity contribution in [2.45, 2.75) is 44.0 Å². The molecule has 0 aliphatic carbocycles. The number of sulfonamides is 1. The Kier molecular flexibility index (Phi) is 5.02. The highest BCUT2D eigenvalue weighted by Crippen LogP contribution is 2.38. The van der Waals surface area contributed by atoms with E-state index in [1.54, 1.807) is 33.5 Å². The lowest BCUT2D eigenvalue weighted by Gasteiger charge is -2.38. The Morgan fingerprint density at radius 2 is 1.68 bits per heavy atom. The summed E-state index contributed by atoms with van der Waals surface area (Å²) in [6.45, 7) is 5.31. The van der Waals surface area contributed by atoms with Crippen LogP contribution in [-0.2, 0) is 21.2 Å². The minimum atomic E-state index is -3.62. The predicted octanol–water partition coefficient (Wildman–Crippen LogP) is 3.76. The molecule has 0 radical (unpaired) electrons. The van der Waals surface area contributed by atoms with Crippen LogP contribution in [0.25, 0.3) is 0 Å². The minimum Gasteiger partial charge on any atom is -0.312 e. The molecule has 1 amide bonds. The lowest BCUT2D eigenvalue weighted by atomic mass is 9.88. The van der Waals surface area contributed by atoms with Crippen LogP contribution in [-0.4, -0.2) is 31.7 Å². The molecule has 2 aromatic carbocycles. The molecule has 2 heterocycles. The van der Waals surface area contributed by atoms with Crippen LogP contribution in [0.1, 0.15) is 43.9 Å². The van der Waals surface area contributed by atoms with E-state index in [9.17, 15) is 13.2 Å². The highest BCUT2D eigenvalue weighted by molar-refractivity contribution is 7.89. The largest absolute Gasteiger partial charge is 0.312 e. The lowest BCUT2D eigenvalue weighted by molar-refractivity contribution is -0.117. The normalized spacial score (nSPS) is 20.6. The van der Waals surface area contributed by atoms with E-state index >= 15 is 0 Å². The first-order valence-corrected chi connectivity index (χ1v) is 11.3. The van der Waals surface area contributed by atoms with E-state index in [4.69, 9.17) is 0 Å². The average molecular weight is 399 g/mol. The number of rotatable bonds is 4. The smallest absolute Gasteiger partial charge is 0.243 e. The highest BCUT2D eigenvalue weighted by atomic mass is 32.2. The molecule has 0 spiro atoms. The monoisotopic (exact) mass is 398 g/mol. The molecule has 1 saturated heterocycles. The summed E-state index contributed by atoms with van der Waals surface area (Å²) in [5, 5.41) is 0. The molecule has 0 aromatic heterocycles. The van der Waals surface area contributed by atoms with Gasteiger partial charge >= 0.3 is 0 Å². The third-order valence-electron chi connectivity index (χ3n) is 5.75. The van der Waals surface area contributed by atoms with E-state index in [1.165, 1.54) is 5.56 Å². The molecule has 6 heteroatoms. The molecule has 2 aliphatic rings. The summed E-state index contributed by atoms with van der Waals surface area (Å²) in [4.78, 5) is 13.9. The van der Waals surface area contributed by atoms with Gasteiger partial charge in [0, 0.05) is 25.2 Å². The van der Waals surface area contributed by atoms with Crippen LogP contribution in [0, 0.1) is 5.92 Å². The Balaban J connectivity index is 1.67. The van der Waals surface area contributed by atoms with Gasteiger partial charge in [-0.15, -0.1) is 0 Å². The summed E-state index contributed by atoms with van der Waals surface area (Å²) in [5.41, 5.74) is 3.10. The molecule has 0 N–H and O–H groups in total. The Bertz CT molecular complexity index is 983. The summed E-state index contributed by atoms with van der Waals surface area (Å²) >= 11 is 0. The second kappa shape index (κ2) is 7.33. The van der Waals surface area contributed by atoms with Crippen molar-refractivity contribution >= 4 is 21.6 Å². The van der Waals surface area contributed by atoms with Gasteiger partial charge in [-0.25, -0.2) is 8.42 Å². The first-order valence-electron chi connectivity index (χ1n) is 9.89. The molecule has 148 valence electrons. The van der Waals surface area contributed by atoms with Gasteiger partial charge < -0.3 is 4.90 Å². The lowest BCUT2D eigenvalue weighted by Crippen LogP contribution is -2.42. The van der Waals surface area contributed by atoms with E-state index in [2.05, 4.69) is 19.9 Å². The number of amides is 1. The van der Waals surface area contributed by atoms with Gasteiger partial charge in [-0.2, -0.15) is 4.31 Å². The van der Waals surface area contributed by atoms with Crippen LogP contribution < -0.4 is 4.90 Å². The molecular formula is C22H26N2O3S. The van der Waals surface area contributed by atoms with E-state index in [1.807, 2.05) is 18.2 Å². The number of anilines is 1. The zero-order valence-corrected chi connectivity index (χ0v) is 17.2. The summed E-state index contributed by atoms with van der Waals surface area (Å²) < 4.78 is 28.6. The maximum Gasteiger partial charge on any atom is 0.243 e. The maximum absolute atomic E-state index is 13.5. The Hall–Kier alpha value is -2.18. The van der Waals surface area contributed by atoms with Gasteiger partial charge in [-0.05, 0) is 54.2 Å². The fourth-order valence-electron chi connectivity index (χ4n) is 4.39. The quantitative estimate of drug-likeness (QED) is 0.788.